The maximum Gasteiger partial charge on any atom is 0.251 e. The first-order chi connectivity index (χ1) is 12.1. The number of aromatic hydroxyl groups is 1. The van der Waals surface area contributed by atoms with E-state index in [2.05, 4.69) is 15.2 Å². The maximum atomic E-state index is 12.6. The highest BCUT2D eigenvalue weighted by atomic mass is 16.5. The predicted molar refractivity (Wildman–Crippen MR) is 93.5 cm³/mol. The molecule has 1 aliphatic heterocycles. The Labute approximate surface area is 146 Å². The third-order valence-corrected chi connectivity index (χ3v) is 4.24. The van der Waals surface area contributed by atoms with Gasteiger partial charge in [-0.3, -0.25) is 4.79 Å². The first kappa shape index (κ1) is 16.9. The van der Waals surface area contributed by atoms with Crippen LogP contribution in [0.3, 0.4) is 0 Å². The summed E-state index contributed by atoms with van der Waals surface area (Å²) in [6.45, 7) is 1.54. The van der Waals surface area contributed by atoms with Crippen LogP contribution in [0.1, 0.15) is 16.8 Å². The number of nitrogens with zero attached hydrogens (tertiary/aromatic N) is 2. The zero-order chi connectivity index (χ0) is 17.8. The average Bonchev–Trinajstić information content (AvgIpc) is 3.11. The Hall–Kier alpha value is -2.96. The van der Waals surface area contributed by atoms with Crippen LogP contribution in [0.4, 0.5) is 5.82 Å². The van der Waals surface area contributed by atoms with Crippen molar-refractivity contribution in [3.63, 3.8) is 0 Å². The van der Waals surface area contributed by atoms with Gasteiger partial charge in [-0.05, 0) is 30.7 Å². The number of anilines is 1. The Morgan fingerprint density at radius 1 is 1.28 bits per heavy atom. The van der Waals surface area contributed by atoms with Crippen LogP contribution in [-0.4, -0.2) is 49.3 Å². The van der Waals surface area contributed by atoms with Crippen molar-refractivity contribution in [3.05, 3.63) is 42.1 Å². The summed E-state index contributed by atoms with van der Waals surface area (Å²) in [6, 6.07) is 8.81. The molecule has 2 N–H and O–H groups in total. The molecule has 0 unspecified atom stereocenters. The minimum Gasteiger partial charge on any atom is -0.502 e. The number of amides is 1. The Balaban J connectivity index is 1.69. The molecule has 0 radical (unpaired) electrons. The Morgan fingerprint density at radius 2 is 2.00 bits per heavy atom. The lowest BCUT2D eigenvalue weighted by Gasteiger charge is -2.18. The number of methoxy groups -OCH3 is 2. The lowest BCUT2D eigenvalue weighted by Crippen LogP contribution is -2.37. The molecule has 0 saturated carbocycles. The monoisotopic (exact) mass is 343 g/mol. The van der Waals surface area contributed by atoms with Gasteiger partial charge in [-0.1, -0.05) is 6.07 Å². The molecule has 1 fully saturated rings. The van der Waals surface area contributed by atoms with E-state index in [9.17, 15) is 9.90 Å². The number of phenolic OH excluding ortho intramolecular Hbond substituents is 1. The molecule has 1 atom stereocenters. The summed E-state index contributed by atoms with van der Waals surface area (Å²) in [4.78, 5) is 19.0. The highest BCUT2D eigenvalue weighted by molar-refractivity contribution is 5.95. The molecule has 2 heterocycles. The molecule has 1 aromatic carbocycles. The minimum atomic E-state index is -0.232. The van der Waals surface area contributed by atoms with Gasteiger partial charge < -0.3 is 24.8 Å². The highest BCUT2D eigenvalue weighted by Gasteiger charge is 2.25. The van der Waals surface area contributed by atoms with E-state index in [-0.39, 0.29) is 29.2 Å². The van der Waals surface area contributed by atoms with Crippen LogP contribution in [0, 0.1) is 0 Å². The molecule has 2 aromatic rings. The Kier molecular flexibility index (Phi) is 4.92. The largest absolute Gasteiger partial charge is 0.502 e. The van der Waals surface area contributed by atoms with Gasteiger partial charge in [-0.15, -0.1) is 0 Å². The molecule has 7 nitrogen and oxygen atoms in total. The molecule has 1 aromatic heterocycles. The summed E-state index contributed by atoms with van der Waals surface area (Å²) < 4.78 is 10.2. The van der Waals surface area contributed by atoms with Crippen molar-refractivity contribution in [1.82, 2.24) is 10.3 Å². The zero-order valence-corrected chi connectivity index (χ0v) is 14.2. The number of hydrogen-bond donors (Lipinski definition) is 2. The Morgan fingerprint density at radius 3 is 2.60 bits per heavy atom. The second-order valence-corrected chi connectivity index (χ2v) is 5.82. The number of rotatable bonds is 5. The van der Waals surface area contributed by atoms with E-state index in [1.807, 2.05) is 18.2 Å². The van der Waals surface area contributed by atoms with Crippen LogP contribution in [0.25, 0.3) is 0 Å². The van der Waals surface area contributed by atoms with E-state index < -0.39 is 0 Å². The molecule has 1 amide bonds. The van der Waals surface area contributed by atoms with Crippen molar-refractivity contribution in [2.24, 2.45) is 0 Å². The van der Waals surface area contributed by atoms with E-state index >= 15 is 0 Å². The van der Waals surface area contributed by atoms with E-state index in [0.29, 0.717) is 12.1 Å². The number of ether oxygens (including phenoxy) is 2. The van der Waals surface area contributed by atoms with Gasteiger partial charge in [0.05, 0.1) is 14.2 Å². The molecule has 7 heteroatoms. The van der Waals surface area contributed by atoms with Crippen molar-refractivity contribution >= 4 is 11.7 Å². The standard InChI is InChI=1S/C18H21N3O4/c1-24-14-9-12(10-15(25-2)17(14)22)18(23)20-13-6-8-21(11-13)16-5-3-4-7-19-16/h3-5,7,9-10,13,22H,6,8,11H2,1-2H3,(H,20,23)/t13-/m0/s1. The molecular weight excluding hydrogens is 322 g/mol. The van der Waals surface area contributed by atoms with Crippen LogP contribution in [-0.2, 0) is 0 Å². The molecule has 25 heavy (non-hydrogen) atoms. The molecule has 132 valence electrons. The van der Waals surface area contributed by atoms with E-state index in [1.165, 1.54) is 26.4 Å². The van der Waals surface area contributed by atoms with E-state index in [4.69, 9.17) is 9.47 Å². The zero-order valence-electron chi connectivity index (χ0n) is 14.2. The third-order valence-electron chi connectivity index (χ3n) is 4.24. The van der Waals surface area contributed by atoms with Crippen molar-refractivity contribution in [3.8, 4) is 17.2 Å². The summed E-state index contributed by atoms with van der Waals surface area (Å²) >= 11 is 0. The molecule has 3 rings (SSSR count). The van der Waals surface area contributed by atoms with Crippen LogP contribution in [0.2, 0.25) is 0 Å². The molecule has 0 aliphatic carbocycles. The van der Waals surface area contributed by atoms with Gasteiger partial charge >= 0.3 is 0 Å². The second-order valence-electron chi connectivity index (χ2n) is 5.82. The quantitative estimate of drug-likeness (QED) is 0.861. The fourth-order valence-electron chi connectivity index (χ4n) is 2.92. The molecular formula is C18H21N3O4. The van der Waals surface area contributed by atoms with Gasteiger partial charge in [0.25, 0.3) is 5.91 Å². The Bertz CT molecular complexity index is 726. The van der Waals surface area contributed by atoms with Crippen LogP contribution in [0.15, 0.2) is 36.5 Å². The summed E-state index contributed by atoms with van der Waals surface area (Å²) in [5.41, 5.74) is 0.378. The second kappa shape index (κ2) is 7.29. The van der Waals surface area contributed by atoms with Gasteiger partial charge in [0, 0.05) is 30.9 Å². The number of hydrogen-bond acceptors (Lipinski definition) is 6. The first-order valence-corrected chi connectivity index (χ1v) is 8.04. The van der Waals surface area contributed by atoms with Gasteiger partial charge in [0.2, 0.25) is 5.75 Å². The topological polar surface area (TPSA) is 83.9 Å². The van der Waals surface area contributed by atoms with Gasteiger partial charge in [0.1, 0.15) is 5.82 Å². The van der Waals surface area contributed by atoms with Crippen molar-refractivity contribution in [2.75, 3.05) is 32.2 Å². The summed E-state index contributed by atoms with van der Waals surface area (Å²) in [5.74, 6) is 0.956. The fourth-order valence-corrected chi connectivity index (χ4v) is 2.92. The predicted octanol–water partition coefficient (Wildman–Crippen LogP) is 1.81. The number of pyridine rings is 1. The van der Waals surface area contributed by atoms with E-state index in [1.54, 1.807) is 6.20 Å². The number of aromatic nitrogens is 1. The number of phenols is 1. The highest BCUT2D eigenvalue weighted by Crippen LogP contribution is 2.37. The van der Waals surface area contributed by atoms with Crippen LogP contribution >= 0.6 is 0 Å². The molecule has 1 aliphatic rings. The summed E-state index contributed by atoms with van der Waals surface area (Å²) in [5, 5.41) is 13.0. The SMILES string of the molecule is COc1cc(C(=O)N[C@H]2CCN(c3ccccn3)C2)cc(OC)c1O. The van der Waals surface area contributed by atoms with Crippen LogP contribution in [0.5, 0.6) is 17.2 Å². The smallest absolute Gasteiger partial charge is 0.251 e. The molecule has 0 spiro atoms. The number of carbonyl (C=O) groups excluding carboxylic acids is 1. The first-order valence-electron chi connectivity index (χ1n) is 8.04. The van der Waals surface area contributed by atoms with E-state index in [0.717, 1.165) is 18.8 Å². The lowest BCUT2D eigenvalue weighted by atomic mass is 10.1. The maximum absolute atomic E-state index is 12.6. The average molecular weight is 343 g/mol. The van der Waals surface area contributed by atoms with Crippen LogP contribution < -0.4 is 19.7 Å². The fraction of sp³-hybridized carbons (Fsp3) is 0.333. The van der Waals surface area contributed by atoms with Crippen molar-refractivity contribution in [1.29, 1.82) is 0 Å². The lowest BCUT2D eigenvalue weighted by molar-refractivity contribution is 0.0939. The minimum absolute atomic E-state index is 0.0281. The van der Waals surface area contributed by atoms with Gasteiger partial charge in [0.15, 0.2) is 11.5 Å². The van der Waals surface area contributed by atoms with Crippen molar-refractivity contribution < 1.29 is 19.4 Å². The number of nitrogens with one attached hydrogen (secondary N) is 1. The van der Waals surface area contributed by atoms with Gasteiger partial charge in [-0.25, -0.2) is 4.98 Å². The van der Waals surface area contributed by atoms with Crippen molar-refractivity contribution in [2.45, 2.75) is 12.5 Å². The normalized spacial score (nSPS) is 16.6. The molecule has 0 bridgehead atoms. The number of carbonyl (C=O) groups is 1. The number of benzene rings is 1. The molecule has 1 saturated heterocycles. The third kappa shape index (κ3) is 3.60. The van der Waals surface area contributed by atoms with Gasteiger partial charge in [-0.2, -0.15) is 0 Å². The summed E-state index contributed by atoms with van der Waals surface area (Å²) in [6.07, 6.45) is 2.60. The summed E-state index contributed by atoms with van der Waals surface area (Å²) in [7, 11) is 2.86.